The molecule has 2 aromatic rings. The number of piperidine rings is 1. The summed E-state index contributed by atoms with van der Waals surface area (Å²) in [5.74, 6) is -0.807. The second-order valence-corrected chi connectivity index (χ2v) is 10.9. The van der Waals surface area contributed by atoms with Gasteiger partial charge in [-0.2, -0.15) is 0 Å². The summed E-state index contributed by atoms with van der Waals surface area (Å²) in [7, 11) is 0. The summed E-state index contributed by atoms with van der Waals surface area (Å²) < 4.78 is 0. The van der Waals surface area contributed by atoms with E-state index in [-0.39, 0.29) is 24.1 Å². The van der Waals surface area contributed by atoms with Crippen molar-refractivity contribution in [1.82, 2.24) is 20.0 Å². The van der Waals surface area contributed by atoms with Gasteiger partial charge in [0, 0.05) is 50.9 Å². The summed E-state index contributed by atoms with van der Waals surface area (Å²) in [6, 6.07) is 12.6. The number of anilines is 1. The van der Waals surface area contributed by atoms with Crippen molar-refractivity contribution in [2.45, 2.75) is 64.3 Å². The number of hydrogen-bond donors (Lipinski definition) is 2. The topological polar surface area (TPSA) is 85.0 Å². The number of imide groups is 1. The molecule has 8 nitrogen and oxygen atoms in total. The van der Waals surface area contributed by atoms with Gasteiger partial charge in [-0.3, -0.25) is 29.5 Å². The van der Waals surface area contributed by atoms with E-state index >= 15 is 0 Å². The van der Waals surface area contributed by atoms with E-state index in [9.17, 15) is 14.4 Å². The molecule has 4 aliphatic heterocycles. The average Bonchev–Trinajstić information content (AvgIpc) is 3.49. The van der Waals surface area contributed by atoms with Gasteiger partial charge in [-0.15, -0.1) is 0 Å². The second kappa shape index (κ2) is 9.91. The van der Waals surface area contributed by atoms with Crippen molar-refractivity contribution in [2.75, 3.05) is 31.5 Å². The van der Waals surface area contributed by atoms with Gasteiger partial charge in [-0.25, -0.2) is 0 Å². The Kier molecular flexibility index (Phi) is 6.46. The first kappa shape index (κ1) is 24.1. The third-order valence-electron chi connectivity index (χ3n) is 8.43. The number of hydrogen-bond acceptors (Lipinski definition) is 6. The molecule has 0 radical (unpaired) electrons. The molecule has 3 fully saturated rings. The standard InChI is InChI=1S/C29H35N5O3/c1-19-13-20(7-8-21(19)15-32-17-23(18-32)33-11-2-3-12-33)14-30-24-6-4-5-22-16-34(29(37)27(22)24)25-9-10-26(35)31-28(25)36/h4-8,13,23,25,30H,2-3,9-12,14-18H2,1H3,(H,31,35,36). The van der Waals surface area contributed by atoms with Gasteiger partial charge < -0.3 is 10.2 Å². The predicted molar refractivity (Wildman–Crippen MR) is 141 cm³/mol. The van der Waals surface area contributed by atoms with E-state index in [0.29, 0.717) is 25.1 Å². The molecule has 1 atom stereocenters. The molecule has 1 unspecified atom stereocenters. The van der Waals surface area contributed by atoms with Crippen molar-refractivity contribution >= 4 is 23.4 Å². The summed E-state index contributed by atoms with van der Waals surface area (Å²) in [6.45, 7) is 9.06. The SMILES string of the molecule is Cc1cc(CNc2cccc3c2C(=O)N(C2CCC(=O)NC2=O)C3)ccc1CN1CC(N2CCCC2)C1. The van der Waals surface area contributed by atoms with Crippen LogP contribution in [0.2, 0.25) is 0 Å². The number of fused-ring (bicyclic) bond motifs is 1. The van der Waals surface area contributed by atoms with Gasteiger partial charge >= 0.3 is 0 Å². The van der Waals surface area contributed by atoms with Crippen molar-refractivity contribution in [3.63, 3.8) is 0 Å². The smallest absolute Gasteiger partial charge is 0.257 e. The highest BCUT2D eigenvalue weighted by Crippen LogP contribution is 2.32. The molecule has 3 saturated heterocycles. The Morgan fingerprint density at radius 2 is 1.86 bits per heavy atom. The van der Waals surface area contributed by atoms with Crippen LogP contribution in [0.25, 0.3) is 0 Å². The number of nitrogens with zero attached hydrogens (tertiary/aromatic N) is 3. The van der Waals surface area contributed by atoms with E-state index in [1.54, 1.807) is 4.90 Å². The largest absolute Gasteiger partial charge is 0.380 e. The minimum atomic E-state index is -0.599. The maximum absolute atomic E-state index is 13.3. The van der Waals surface area contributed by atoms with Crippen LogP contribution >= 0.6 is 0 Å². The molecule has 0 aliphatic carbocycles. The molecule has 0 bridgehead atoms. The molecule has 0 spiro atoms. The lowest BCUT2D eigenvalue weighted by Crippen LogP contribution is -2.58. The van der Waals surface area contributed by atoms with Crippen molar-refractivity contribution < 1.29 is 14.4 Å². The first-order valence-electron chi connectivity index (χ1n) is 13.5. The molecule has 0 aromatic heterocycles. The number of aryl methyl sites for hydroxylation is 1. The van der Waals surface area contributed by atoms with Crippen molar-refractivity contribution in [3.05, 3.63) is 64.2 Å². The van der Waals surface area contributed by atoms with Crippen molar-refractivity contribution in [3.8, 4) is 0 Å². The minimum absolute atomic E-state index is 0.152. The highest BCUT2D eigenvalue weighted by Gasteiger charge is 2.40. The third kappa shape index (κ3) is 4.76. The molecule has 2 N–H and O–H groups in total. The predicted octanol–water partition coefficient (Wildman–Crippen LogP) is 2.65. The zero-order valence-electron chi connectivity index (χ0n) is 21.5. The summed E-state index contributed by atoms with van der Waals surface area (Å²) >= 11 is 0. The van der Waals surface area contributed by atoms with Gasteiger partial charge in [0.1, 0.15) is 6.04 Å². The summed E-state index contributed by atoms with van der Waals surface area (Å²) in [5, 5.41) is 5.83. The van der Waals surface area contributed by atoms with Crippen LogP contribution in [0.4, 0.5) is 5.69 Å². The summed E-state index contributed by atoms with van der Waals surface area (Å²) in [6.07, 6.45) is 3.33. The molecule has 37 heavy (non-hydrogen) atoms. The first-order valence-corrected chi connectivity index (χ1v) is 13.5. The van der Waals surface area contributed by atoms with E-state index in [1.807, 2.05) is 18.2 Å². The van der Waals surface area contributed by atoms with Gasteiger partial charge in [0.15, 0.2) is 0 Å². The van der Waals surface area contributed by atoms with E-state index in [0.717, 1.165) is 23.8 Å². The fourth-order valence-corrected chi connectivity index (χ4v) is 6.25. The lowest BCUT2D eigenvalue weighted by molar-refractivity contribution is -0.136. The summed E-state index contributed by atoms with van der Waals surface area (Å²) in [4.78, 5) is 44.0. The van der Waals surface area contributed by atoms with E-state index in [2.05, 4.69) is 45.6 Å². The number of carbonyl (C=O) groups excluding carboxylic acids is 3. The maximum atomic E-state index is 13.3. The van der Waals surface area contributed by atoms with Crippen molar-refractivity contribution in [2.24, 2.45) is 0 Å². The van der Waals surface area contributed by atoms with Gasteiger partial charge in [-0.05, 0) is 67.6 Å². The monoisotopic (exact) mass is 501 g/mol. The first-order chi connectivity index (χ1) is 18.0. The Labute approximate surface area is 218 Å². The van der Waals surface area contributed by atoms with Gasteiger partial charge in [0.05, 0.1) is 5.56 Å². The van der Waals surface area contributed by atoms with Crippen LogP contribution in [0.15, 0.2) is 36.4 Å². The zero-order chi connectivity index (χ0) is 25.5. The third-order valence-corrected chi connectivity index (χ3v) is 8.43. The molecule has 194 valence electrons. The zero-order valence-corrected chi connectivity index (χ0v) is 21.5. The van der Waals surface area contributed by atoms with Crippen LogP contribution in [-0.2, 0) is 29.2 Å². The fourth-order valence-electron chi connectivity index (χ4n) is 6.25. The Morgan fingerprint density at radius 3 is 2.62 bits per heavy atom. The molecule has 0 saturated carbocycles. The highest BCUT2D eigenvalue weighted by molar-refractivity contribution is 6.07. The van der Waals surface area contributed by atoms with Gasteiger partial charge in [0.25, 0.3) is 5.91 Å². The molecule has 3 amide bonds. The highest BCUT2D eigenvalue weighted by atomic mass is 16.2. The van der Waals surface area contributed by atoms with Crippen LogP contribution in [0.1, 0.15) is 58.3 Å². The molecule has 8 heteroatoms. The van der Waals surface area contributed by atoms with Crippen LogP contribution in [0.3, 0.4) is 0 Å². The average molecular weight is 502 g/mol. The van der Waals surface area contributed by atoms with Crippen LogP contribution in [-0.4, -0.2) is 70.7 Å². The van der Waals surface area contributed by atoms with E-state index in [1.165, 1.54) is 55.7 Å². The molecule has 4 heterocycles. The van der Waals surface area contributed by atoms with Gasteiger partial charge in [-0.1, -0.05) is 30.3 Å². The number of nitrogens with one attached hydrogen (secondary N) is 2. The molecule has 2 aromatic carbocycles. The normalized spacial score (nSPS) is 22.8. The lowest BCUT2D eigenvalue weighted by atomic mass is 10.0. The molecular formula is C29H35N5O3. The number of rotatable bonds is 7. The van der Waals surface area contributed by atoms with E-state index < -0.39 is 6.04 Å². The second-order valence-electron chi connectivity index (χ2n) is 10.9. The number of amides is 3. The number of benzene rings is 2. The Balaban J connectivity index is 1.07. The van der Waals surface area contributed by atoms with Crippen LogP contribution < -0.4 is 10.6 Å². The Morgan fingerprint density at radius 1 is 1.05 bits per heavy atom. The van der Waals surface area contributed by atoms with Crippen LogP contribution in [0.5, 0.6) is 0 Å². The molecule has 6 rings (SSSR count). The van der Waals surface area contributed by atoms with Crippen molar-refractivity contribution in [1.29, 1.82) is 0 Å². The molecular weight excluding hydrogens is 466 g/mol. The summed E-state index contributed by atoms with van der Waals surface area (Å²) in [5.41, 5.74) is 6.16. The van der Waals surface area contributed by atoms with E-state index in [4.69, 9.17) is 0 Å². The fraction of sp³-hybridized carbons (Fsp3) is 0.483. The number of likely N-dealkylation sites (tertiary alicyclic amines) is 2. The van der Waals surface area contributed by atoms with Gasteiger partial charge in [0.2, 0.25) is 11.8 Å². The van der Waals surface area contributed by atoms with Crippen LogP contribution in [0, 0.1) is 6.92 Å². The Hall–Kier alpha value is -3.23. The lowest BCUT2D eigenvalue weighted by Gasteiger charge is -2.44. The quantitative estimate of drug-likeness (QED) is 0.568. The number of carbonyl (C=O) groups is 3. The minimum Gasteiger partial charge on any atom is -0.380 e. The Bertz CT molecular complexity index is 1230. The maximum Gasteiger partial charge on any atom is 0.257 e. The molecule has 4 aliphatic rings.